The van der Waals surface area contributed by atoms with E-state index in [-0.39, 0.29) is 10.8 Å². The lowest BCUT2D eigenvalue weighted by Crippen LogP contribution is -3.00. The van der Waals surface area contributed by atoms with Crippen LogP contribution >= 0.6 is 0 Å². The van der Waals surface area contributed by atoms with E-state index >= 15 is 0 Å². The van der Waals surface area contributed by atoms with Gasteiger partial charge in [0.15, 0.2) is 11.9 Å². The highest BCUT2D eigenvalue weighted by Gasteiger charge is 2.22. The van der Waals surface area contributed by atoms with Crippen molar-refractivity contribution >= 4 is 11.4 Å². The molecule has 1 unspecified atom stereocenters. The van der Waals surface area contributed by atoms with Crippen LogP contribution in [0.4, 0.5) is 11.4 Å². The Morgan fingerprint density at radius 1 is 1.31 bits per heavy atom. The molecule has 1 aliphatic heterocycles. The van der Waals surface area contributed by atoms with Gasteiger partial charge in [0.05, 0.1) is 5.69 Å². The topological polar surface area (TPSA) is 71.2 Å². The average Bonchev–Trinajstić information content (AvgIpc) is 2.15. The number of para-hydroxylation sites is 2. The van der Waals surface area contributed by atoms with E-state index in [1.165, 1.54) is 6.07 Å². The van der Waals surface area contributed by atoms with E-state index in [2.05, 4.69) is 0 Å². The van der Waals surface area contributed by atoms with Gasteiger partial charge >= 0.3 is 0 Å². The number of aliphatic hydroxyl groups excluding tert-OH is 1. The number of quaternary nitrogens is 1. The second kappa shape index (κ2) is 2.74. The van der Waals surface area contributed by atoms with Gasteiger partial charge in [-0.25, -0.2) is 5.21 Å². The molecule has 0 aromatic heterocycles. The molecule has 0 spiro atoms. The number of nitrogens with zero attached hydrogens (tertiary/aromatic N) is 1. The second-order valence-corrected chi connectivity index (χ2v) is 2.70. The number of hydrogen-bond donors (Lipinski definition) is 3. The highest BCUT2D eigenvalue weighted by atomic mass is 16.5. The quantitative estimate of drug-likeness (QED) is 0.535. The Kier molecular flexibility index (Phi) is 1.70. The van der Waals surface area contributed by atoms with Gasteiger partial charge in [-0.3, -0.25) is 0 Å². The van der Waals surface area contributed by atoms with Crippen molar-refractivity contribution < 1.29 is 15.4 Å². The fourth-order valence-electron chi connectivity index (χ4n) is 1.25. The van der Waals surface area contributed by atoms with E-state index in [1.54, 1.807) is 18.2 Å². The van der Waals surface area contributed by atoms with Crippen LogP contribution in [0.2, 0.25) is 0 Å². The third-order valence-corrected chi connectivity index (χ3v) is 1.87. The summed E-state index contributed by atoms with van der Waals surface area (Å²) >= 11 is 0. The second-order valence-electron chi connectivity index (χ2n) is 2.70. The van der Waals surface area contributed by atoms with Gasteiger partial charge in [-0.1, -0.05) is 12.1 Å². The zero-order valence-electron chi connectivity index (χ0n) is 6.64. The minimum atomic E-state index is -0.504. The van der Waals surface area contributed by atoms with Crippen molar-refractivity contribution in [2.24, 2.45) is 0 Å². The first-order chi connectivity index (χ1) is 6.20. The number of rotatable bonds is 0. The largest absolute Gasteiger partial charge is 0.751 e. The summed E-state index contributed by atoms with van der Waals surface area (Å²) in [4.78, 5) is 0. The van der Waals surface area contributed by atoms with E-state index in [4.69, 9.17) is 5.11 Å². The molecular weight excluding hydrogens is 172 g/mol. The maximum atomic E-state index is 11.2. The fourth-order valence-corrected chi connectivity index (χ4v) is 1.25. The molecule has 0 bridgehead atoms. The molecule has 5 nitrogen and oxygen atoms in total. The standard InChI is InChI=1S/C8H7N2O3/c11-8-5-9(12)6-3-1-2-4-7(6)10(8)13/h1-5,11-12H/q-1/p+1. The van der Waals surface area contributed by atoms with Crippen LogP contribution in [0.25, 0.3) is 0 Å². The SMILES string of the molecule is [O-]N1C(O)=C[NH+](O)c2ccccc21. The highest BCUT2D eigenvalue weighted by molar-refractivity contribution is 5.66. The van der Waals surface area contributed by atoms with Crippen LogP contribution < -0.4 is 10.1 Å². The average molecular weight is 180 g/mol. The smallest absolute Gasteiger partial charge is 0.239 e. The van der Waals surface area contributed by atoms with Gasteiger partial charge in [0.2, 0.25) is 5.88 Å². The van der Waals surface area contributed by atoms with E-state index in [0.29, 0.717) is 10.8 Å². The van der Waals surface area contributed by atoms with Crippen LogP contribution in [0.3, 0.4) is 0 Å². The maximum absolute atomic E-state index is 11.2. The van der Waals surface area contributed by atoms with E-state index in [1.807, 2.05) is 0 Å². The monoisotopic (exact) mass is 180 g/mol. The molecule has 0 aliphatic carbocycles. The number of anilines is 1. The molecule has 1 atom stereocenters. The van der Waals surface area contributed by atoms with Crippen LogP contribution in [0.15, 0.2) is 36.3 Å². The van der Waals surface area contributed by atoms with Gasteiger partial charge in [0.1, 0.15) is 0 Å². The van der Waals surface area contributed by atoms with Crippen molar-refractivity contribution in [3.05, 3.63) is 41.6 Å². The Labute approximate surface area is 74.3 Å². The molecule has 0 fully saturated rings. The van der Waals surface area contributed by atoms with Crippen molar-refractivity contribution in [1.29, 1.82) is 0 Å². The molecule has 0 saturated heterocycles. The molecule has 0 radical (unpaired) electrons. The summed E-state index contributed by atoms with van der Waals surface area (Å²) < 4.78 is 0. The van der Waals surface area contributed by atoms with Crippen LogP contribution in [0, 0.1) is 5.21 Å². The predicted octanol–water partition coefficient (Wildman–Crippen LogP) is 0.267. The van der Waals surface area contributed by atoms with Crippen LogP contribution in [0.5, 0.6) is 0 Å². The number of hydrogen-bond acceptors (Lipinski definition) is 4. The molecule has 0 amide bonds. The molecule has 1 aromatic rings. The van der Waals surface area contributed by atoms with Crippen LogP contribution in [-0.4, -0.2) is 10.3 Å². The third-order valence-electron chi connectivity index (χ3n) is 1.87. The van der Waals surface area contributed by atoms with Crippen molar-refractivity contribution in [3.63, 3.8) is 0 Å². The molecule has 68 valence electrons. The minimum absolute atomic E-state index is 0.0970. The molecule has 1 aromatic carbocycles. The Bertz CT molecular complexity index is 364. The zero-order valence-corrected chi connectivity index (χ0v) is 6.64. The molecule has 1 aliphatic rings. The summed E-state index contributed by atoms with van der Waals surface area (Å²) in [5.74, 6) is -0.504. The normalized spacial score (nSPS) is 20.9. The van der Waals surface area contributed by atoms with Crippen molar-refractivity contribution in [2.45, 2.75) is 0 Å². The molecule has 0 saturated carbocycles. The van der Waals surface area contributed by atoms with Gasteiger partial charge < -0.3 is 15.4 Å². The zero-order chi connectivity index (χ0) is 9.42. The summed E-state index contributed by atoms with van der Waals surface area (Å²) in [6.07, 6.45) is 1.02. The number of nitrogens with one attached hydrogen (secondary N) is 1. The lowest BCUT2D eigenvalue weighted by atomic mass is 10.2. The summed E-state index contributed by atoms with van der Waals surface area (Å²) in [5.41, 5.74) is 0.676. The minimum Gasteiger partial charge on any atom is -0.751 e. The summed E-state index contributed by atoms with van der Waals surface area (Å²) in [6, 6.07) is 6.51. The highest BCUT2D eigenvalue weighted by Crippen LogP contribution is 2.25. The first kappa shape index (κ1) is 8.06. The molecular formula is C8H8N2O3. The Balaban J connectivity index is 2.55. The third kappa shape index (κ3) is 1.15. The molecule has 3 N–H and O–H groups in total. The van der Waals surface area contributed by atoms with Crippen LogP contribution in [0.1, 0.15) is 0 Å². The van der Waals surface area contributed by atoms with Crippen LogP contribution in [-0.2, 0) is 0 Å². The number of aliphatic hydroxyl groups is 1. The lowest BCUT2D eigenvalue weighted by Gasteiger charge is -2.32. The van der Waals surface area contributed by atoms with Gasteiger partial charge in [-0.15, -0.1) is 5.06 Å². The first-order valence-corrected chi connectivity index (χ1v) is 3.73. The lowest BCUT2D eigenvalue weighted by molar-refractivity contribution is -0.991. The van der Waals surface area contributed by atoms with Crippen molar-refractivity contribution in [1.82, 2.24) is 0 Å². The number of benzene rings is 1. The van der Waals surface area contributed by atoms with Gasteiger partial charge in [-0.2, -0.15) is 0 Å². The van der Waals surface area contributed by atoms with E-state index in [9.17, 15) is 10.4 Å². The van der Waals surface area contributed by atoms with Gasteiger partial charge in [0, 0.05) is 6.07 Å². The molecule has 13 heavy (non-hydrogen) atoms. The van der Waals surface area contributed by atoms with Gasteiger partial charge in [-0.05, 0) is 6.07 Å². The molecule has 1 heterocycles. The summed E-state index contributed by atoms with van der Waals surface area (Å²) in [6.45, 7) is 0. The number of fused-ring (bicyclic) bond motifs is 1. The Morgan fingerprint density at radius 3 is 2.77 bits per heavy atom. The van der Waals surface area contributed by atoms with E-state index < -0.39 is 5.88 Å². The fraction of sp³-hybridized carbons (Fsp3) is 0. The van der Waals surface area contributed by atoms with E-state index in [0.717, 1.165) is 6.20 Å². The maximum Gasteiger partial charge on any atom is 0.239 e. The Hall–Kier alpha value is -1.56. The molecule has 2 rings (SSSR count). The summed E-state index contributed by atoms with van der Waals surface area (Å²) in [7, 11) is 0. The summed E-state index contributed by atoms with van der Waals surface area (Å²) in [5, 5.41) is 30.0. The molecule has 5 heteroatoms. The predicted molar refractivity (Wildman–Crippen MR) is 45.4 cm³/mol. The van der Waals surface area contributed by atoms with Gasteiger partial charge in [0.25, 0.3) is 0 Å². The number of hydroxylamine groups is 2. The Morgan fingerprint density at radius 2 is 2.00 bits per heavy atom. The van der Waals surface area contributed by atoms with Crippen molar-refractivity contribution in [2.75, 3.05) is 5.06 Å². The first-order valence-electron chi connectivity index (χ1n) is 3.73. The van der Waals surface area contributed by atoms with Crippen molar-refractivity contribution in [3.8, 4) is 0 Å².